The van der Waals surface area contributed by atoms with Crippen LogP contribution in [0.15, 0.2) is 0 Å². The lowest BCUT2D eigenvalue weighted by atomic mass is 10.1. The Morgan fingerprint density at radius 2 is 2.20 bits per heavy atom. The third-order valence-electron chi connectivity index (χ3n) is 3.99. The van der Waals surface area contributed by atoms with Crippen molar-refractivity contribution in [1.29, 1.82) is 0 Å². The van der Waals surface area contributed by atoms with Crippen molar-refractivity contribution in [3.05, 3.63) is 11.3 Å². The molecule has 0 aliphatic carbocycles. The zero-order chi connectivity index (χ0) is 14.3. The molecule has 2 N–H and O–H groups in total. The molecule has 1 amide bonds. The molecule has 0 saturated carbocycles. The van der Waals surface area contributed by atoms with Gasteiger partial charge in [-0.3, -0.25) is 4.90 Å². The normalized spacial score (nSPS) is 21.9. The second-order valence-electron chi connectivity index (χ2n) is 5.20. The molecular weight excluding hydrogens is 258 g/mol. The number of hydrogen-bond donors (Lipinski definition) is 1. The number of anilines is 2. The minimum absolute atomic E-state index is 0.108. The fraction of sp³-hybridized carbons (Fsp3) is 0.615. The predicted molar refractivity (Wildman–Crippen MR) is 74.6 cm³/mol. The Morgan fingerprint density at radius 3 is 2.95 bits per heavy atom. The highest BCUT2D eigenvalue weighted by Gasteiger charge is 2.38. The van der Waals surface area contributed by atoms with Gasteiger partial charge in [0.05, 0.1) is 11.7 Å². The van der Waals surface area contributed by atoms with Gasteiger partial charge in [0, 0.05) is 25.2 Å². The van der Waals surface area contributed by atoms with Gasteiger partial charge >= 0.3 is 6.09 Å². The maximum Gasteiger partial charge on any atom is 0.410 e. The highest BCUT2D eigenvalue weighted by atomic mass is 16.6. The Labute approximate surface area is 117 Å². The van der Waals surface area contributed by atoms with Crippen LogP contribution in [-0.4, -0.2) is 53.2 Å². The molecular formula is C13H19N5O2. The fourth-order valence-electron chi connectivity index (χ4n) is 2.90. The van der Waals surface area contributed by atoms with Crippen molar-refractivity contribution in [2.75, 3.05) is 36.9 Å². The van der Waals surface area contributed by atoms with E-state index in [0.717, 1.165) is 36.6 Å². The SMILES string of the molecule is CCc1nc(N)nc(N2CCN3C(=O)OCC3C2)c1C. The van der Waals surface area contributed by atoms with E-state index in [1.165, 1.54) is 0 Å². The number of carbonyl (C=O) groups is 1. The number of hydrogen-bond acceptors (Lipinski definition) is 6. The second kappa shape index (κ2) is 4.81. The van der Waals surface area contributed by atoms with Gasteiger partial charge in [-0.2, -0.15) is 4.98 Å². The summed E-state index contributed by atoms with van der Waals surface area (Å²) in [6.07, 6.45) is 0.624. The lowest BCUT2D eigenvalue weighted by molar-refractivity contribution is 0.157. The molecule has 2 aliphatic rings. The number of fused-ring (bicyclic) bond motifs is 1. The number of amides is 1. The van der Waals surface area contributed by atoms with Crippen molar-refractivity contribution in [1.82, 2.24) is 14.9 Å². The molecule has 2 aliphatic heterocycles. The van der Waals surface area contributed by atoms with E-state index in [-0.39, 0.29) is 12.1 Å². The summed E-state index contributed by atoms with van der Waals surface area (Å²) in [7, 11) is 0. The van der Waals surface area contributed by atoms with E-state index in [1.807, 2.05) is 6.92 Å². The molecule has 1 unspecified atom stereocenters. The van der Waals surface area contributed by atoms with Crippen LogP contribution in [0, 0.1) is 6.92 Å². The average Bonchev–Trinajstić information content (AvgIpc) is 2.82. The van der Waals surface area contributed by atoms with Crippen LogP contribution in [0.3, 0.4) is 0 Å². The first-order valence-electron chi connectivity index (χ1n) is 6.91. The number of rotatable bonds is 2. The zero-order valence-corrected chi connectivity index (χ0v) is 11.8. The van der Waals surface area contributed by atoms with Gasteiger partial charge in [-0.25, -0.2) is 9.78 Å². The number of nitrogens with zero attached hydrogens (tertiary/aromatic N) is 4. The fourth-order valence-corrected chi connectivity index (χ4v) is 2.90. The van der Waals surface area contributed by atoms with Gasteiger partial charge in [0.15, 0.2) is 0 Å². The van der Waals surface area contributed by atoms with Crippen LogP contribution in [0.4, 0.5) is 16.6 Å². The van der Waals surface area contributed by atoms with Gasteiger partial charge in [0.2, 0.25) is 5.95 Å². The van der Waals surface area contributed by atoms with Crippen LogP contribution in [0.25, 0.3) is 0 Å². The van der Waals surface area contributed by atoms with Crippen LogP contribution in [0.5, 0.6) is 0 Å². The number of nitrogen functional groups attached to an aromatic ring is 1. The number of carbonyl (C=O) groups excluding carboxylic acids is 1. The molecule has 3 heterocycles. The lowest BCUT2D eigenvalue weighted by Gasteiger charge is -2.36. The Balaban J connectivity index is 1.87. The van der Waals surface area contributed by atoms with E-state index < -0.39 is 0 Å². The molecule has 0 spiro atoms. The van der Waals surface area contributed by atoms with Crippen molar-refractivity contribution in [3.63, 3.8) is 0 Å². The Bertz CT molecular complexity index is 548. The Morgan fingerprint density at radius 1 is 1.40 bits per heavy atom. The summed E-state index contributed by atoms with van der Waals surface area (Å²) in [5.74, 6) is 1.19. The van der Waals surface area contributed by atoms with E-state index in [0.29, 0.717) is 19.1 Å². The molecule has 1 atom stereocenters. The van der Waals surface area contributed by atoms with E-state index >= 15 is 0 Å². The van der Waals surface area contributed by atoms with E-state index in [4.69, 9.17) is 10.5 Å². The van der Waals surface area contributed by atoms with Gasteiger partial charge in [-0.1, -0.05) is 6.92 Å². The van der Waals surface area contributed by atoms with Crippen LogP contribution in [-0.2, 0) is 11.2 Å². The number of ether oxygens (including phenoxy) is 1. The molecule has 2 saturated heterocycles. The third-order valence-corrected chi connectivity index (χ3v) is 3.99. The highest BCUT2D eigenvalue weighted by molar-refractivity contribution is 5.71. The van der Waals surface area contributed by atoms with Crippen LogP contribution >= 0.6 is 0 Å². The molecule has 1 aromatic rings. The lowest BCUT2D eigenvalue weighted by Crippen LogP contribution is -2.52. The van der Waals surface area contributed by atoms with Crippen molar-refractivity contribution in [3.8, 4) is 0 Å². The molecule has 108 valence electrons. The monoisotopic (exact) mass is 277 g/mol. The molecule has 0 radical (unpaired) electrons. The van der Waals surface area contributed by atoms with Crippen molar-refractivity contribution in [2.45, 2.75) is 26.3 Å². The van der Waals surface area contributed by atoms with Gasteiger partial charge in [-0.05, 0) is 13.3 Å². The molecule has 0 bridgehead atoms. The average molecular weight is 277 g/mol. The first-order valence-corrected chi connectivity index (χ1v) is 6.91. The molecule has 7 nitrogen and oxygen atoms in total. The summed E-state index contributed by atoms with van der Waals surface area (Å²) in [5.41, 5.74) is 7.85. The third kappa shape index (κ3) is 2.03. The van der Waals surface area contributed by atoms with Gasteiger partial charge in [0.25, 0.3) is 0 Å². The largest absolute Gasteiger partial charge is 0.447 e. The quantitative estimate of drug-likeness (QED) is 0.850. The number of aromatic nitrogens is 2. The topological polar surface area (TPSA) is 84.6 Å². The van der Waals surface area contributed by atoms with Crippen molar-refractivity contribution in [2.24, 2.45) is 0 Å². The smallest absolute Gasteiger partial charge is 0.410 e. The minimum atomic E-state index is -0.206. The van der Waals surface area contributed by atoms with E-state index in [9.17, 15) is 4.79 Å². The molecule has 20 heavy (non-hydrogen) atoms. The Hall–Kier alpha value is -2.05. The van der Waals surface area contributed by atoms with Gasteiger partial charge < -0.3 is 15.4 Å². The summed E-state index contributed by atoms with van der Waals surface area (Å²) in [4.78, 5) is 24.1. The van der Waals surface area contributed by atoms with Crippen LogP contribution < -0.4 is 10.6 Å². The van der Waals surface area contributed by atoms with Gasteiger partial charge in [0.1, 0.15) is 12.4 Å². The maximum atomic E-state index is 11.5. The van der Waals surface area contributed by atoms with Crippen LogP contribution in [0.2, 0.25) is 0 Å². The van der Waals surface area contributed by atoms with Crippen molar-refractivity contribution >= 4 is 17.9 Å². The highest BCUT2D eigenvalue weighted by Crippen LogP contribution is 2.26. The van der Waals surface area contributed by atoms with Crippen LogP contribution in [0.1, 0.15) is 18.2 Å². The second-order valence-corrected chi connectivity index (χ2v) is 5.20. The molecule has 0 aromatic carbocycles. The van der Waals surface area contributed by atoms with Crippen molar-refractivity contribution < 1.29 is 9.53 Å². The summed E-state index contributed by atoms with van der Waals surface area (Å²) < 4.78 is 5.09. The number of aryl methyl sites for hydroxylation is 1. The first-order chi connectivity index (χ1) is 9.60. The maximum absolute atomic E-state index is 11.5. The molecule has 3 rings (SSSR count). The first kappa shape index (κ1) is 13.0. The minimum Gasteiger partial charge on any atom is -0.447 e. The summed E-state index contributed by atoms with van der Waals surface area (Å²) in [5, 5.41) is 0. The number of cyclic esters (lactones) is 1. The summed E-state index contributed by atoms with van der Waals surface area (Å²) in [6.45, 7) is 6.67. The van der Waals surface area contributed by atoms with E-state index in [1.54, 1.807) is 4.90 Å². The number of nitrogens with two attached hydrogens (primary N) is 1. The zero-order valence-electron chi connectivity index (χ0n) is 11.8. The Kier molecular flexibility index (Phi) is 3.11. The summed E-state index contributed by atoms with van der Waals surface area (Å²) >= 11 is 0. The molecule has 2 fully saturated rings. The molecule has 1 aromatic heterocycles. The molecule has 7 heteroatoms. The summed E-state index contributed by atoms with van der Waals surface area (Å²) in [6, 6.07) is 0.108. The van der Waals surface area contributed by atoms with E-state index in [2.05, 4.69) is 21.8 Å². The number of piperazine rings is 1. The van der Waals surface area contributed by atoms with Gasteiger partial charge in [-0.15, -0.1) is 0 Å². The predicted octanol–water partition coefficient (Wildman–Crippen LogP) is 0.570. The standard InChI is InChI=1S/C13H19N5O2/c1-3-10-8(2)11(16-12(14)15-10)17-4-5-18-9(6-17)7-20-13(18)19/h9H,3-7H2,1-2H3,(H2,14,15,16).